The summed E-state index contributed by atoms with van der Waals surface area (Å²) in [5.74, 6) is -0.632. The van der Waals surface area contributed by atoms with Crippen LogP contribution in [0.25, 0.3) is 0 Å². The predicted octanol–water partition coefficient (Wildman–Crippen LogP) is -0.0786. The lowest BCUT2D eigenvalue weighted by atomic mass is 10.3. The molecule has 0 saturated carbocycles. The molecular weight excluding hydrogens is 308 g/mol. The molecule has 0 spiro atoms. The van der Waals surface area contributed by atoms with Crippen molar-refractivity contribution in [2.24, 2.45) is 0 Å². The summed E-state index contributed by atoms with van der Waals surface area (Å²) in [6, 6.07) is 0. The normalized spacial score (nSPS) is 21.1. The van der Waals surface area contributed by atoms with Gasteiger partial charge in [-0.05, 0) is 20.0 Å². The van der Waals surface area contributed by atoms with Gasteiger partial charge in [0.05, 0.1) is 13.1 Å². The quantitative estimate of drug-likeness (QED) is 0.724. The molecule has 1 rings (SSSR count). The Morgan fingerprint density at radius 1 is 0.708 bits per heavy atom. The maximum atomic E-state index is 11.5. The zero-order valence-corrected chi connectivity index (χ0v) is 15.5. The third-order valence-corrected chi connectivity index (χ3v) is 4.63. The Balaban J connectivity index is 2.75. The van der Waals surface area contributed by atoms with E-state index in [0.29, 0.717) is 13.1 Å². The fourth-order valence-corrected chi connectivity index (χ4v) is 3.03. The van der Waals surface area contributed by atoms with Gasteiger partial charge in [0, 0.05) is 52.4 Å². The molecule has 0 radical (unpaired) electrons. The van der Waals surface area contributed by atoms with Crippen LogP contribution in [-0.2, 0) is 9.59 Å². The Morgan fingerprint density at radius 3 is 1.33 bits per heavy atom. The molecule has 0 unspecified atom stereocenters. The molecule has 0 bridgehead atoms. The number of aliphatic carboxylic acids is 1. The summed E-state index contributed by atoms with van der Waals surface area (Å²) >= 11 is 0. The van der Waals surface area contributed by atoms with Gasteiger partial charge >= 0.3 is 5.97 Å². The van der Waals surface area contributed by atoms with Crippen LogP contribution in [0.15, 0.2) is 0 Å². The average molecular weight is 342 g/mol. The number of nitrogens with zero attached hydrogens (tertiary/aromatic N) is 4. The van der Waals surface area contributed by atoms with Crippen LogP contribution in [0.1, 0.15) is 20.8 Å². The average Bonchev–Trinajstić information content (AvgIpc) is 2.52. The summed E-state index contributed by atoms with van der Waals surface area (Å²) < 4.78 is 0. The summed E-state index contributed by atoms with van der Waals surface area (Å²) in [4.78, 5) is 31.6. The van der Waals surface area contributed by atoms with Gasteiger partial charge < -0.3 is 14.9 Å². The molecule has 0 amide bonds. The van der Waals surface area contributed by atoms with E-state index >= 15 is 0 Å². The number of rotatable bonds is 6. The van der Waals surface area contributed by atoms with Crippen LogP contribution in [0.5, 0.6) is 0 Å². The molecule has 0 atom stereocenters. The number of carboxylic acid groups (broad SMARTS) is 1. The van der Waals surface area contributed by atoms with Crippen LogP contribution < -0.4 is 0 Å². The van der Waals surface area contributed by atoms with Crippen LogP contribution in [-0.4, -0.2) is 115 Å². The van der Waals surface area contributed by atoms with Gasteiger partial charge in [0.2, 0.25) is 0 Å². The third kappa shape index (κ3) is 8.73. The molecule has 1 fully saturated rings. The smallest absolute Gasteiger partial charge is 0.317 e. The van der Waals surface area contributed by atoms with E-state index in [9.17, 15) is 9.59 Å². The van der Waals surface area contributed by atoms with E-state index in [1.165, 1.54) is 0 Å². The second-order valence-corrected chi connectivity index (χ2v) is 6.52. The summed E-state index contributed by atoms with van der Waals surface area (Å²) in [6.45, 7) is 15.3. The highest BCUT2D eigenvalue weighted by molar-refractivity contribution is 5.77. The van der Waals surface area contributed by atoms with Crippen molar-refractivity contribution in [3.05, 3.63) is 0 Å². The molecule has 7 nitrogen and oxygen atoms in total. The minimum Gasteiger partial charge on any atom is -0.480 e. The van der Waals surface area contributed by atoms with Crippen molar-refractivity contribution >= 4 is 11.8 Å². The van der Waals surface area contributed by atoms with E-state index in [0.717, 1.165) is 58.9 Å². The lowest BCUT2D eigenvalue weighted by molar-refractivity contribution is -0.138. The molecule has 1 N–H and O–H groups in total. The lowest BCUT2D eigenvalue weighted by Gasteiger charge is -2.33. The maximum Gasteiger partial charge on any atom is 0.317 e. The number of ketones is 1. The topological polar surface area (TPSA) is 67.3 Å². The van der Waals surface area contributed by atoms with Crippen molar-refractivity contribution in [3.8, 4) is 0 Å². The molecule has 0 aromatic heterocycles. The first kappa shape index (κ1) is 21.0. The number of carboxylic acids is 1. The van der Waals surface area contributed by atoms with E-state index < -0.39 is 5.97 Å². The van der Waals surface area contributed by atoms with Crippen molar-refractivity contribution in [3.63, 3.8) is 0 Å². The highest BCUT2D eigenvalue weighted by Gasteiger charge is 2.17. The molecule has 0 aromatic rings. The van der Waals surface area contributed by atoms with Crippen molar-refractivity contribution < 1.29 is 14.7 Å². The molecule has 140 valence electrons. The second-order valence-electron chi connectivity index (χ2n) is 6.52. The summed E-state index contributed by atoms with van der Waals surface area (Å²) in [6.07, 6.45) is 0. The van der Waals surface area contributed by atoms with Crippen molar-refractivity contribution in [1.82, 2.24) is 19.6 Å². The van der Waals surface area contributed by atoms with Crippen LogP contribution >= 0.6 is 0 Å². The molecular formula is C17H34N4O3. The van der Waals surface area contributed by atoms with Crippen molar-refractivity contribution in [2.75, 3.05) is 78.5 Å². The first-order chi connectivity index (χ1) is 11.4. The Kier molecular flexibility index (Phi) is 10.1. The first-order valence-corrected chi connectivity index (χ1v) is 9.05. The van der Waals surface area contributed by atoms with E-state index in [-0.39, 0.29) is 12.3 Å². The number of carbonyl (C=O) groups is 2. The zero-order valence-electron chi connectivity index (χ0n) is 15.5. The predicted molar refractivity (Wildman–Crippen MR) is 95.4 cm³/mol. The van der Waals surface area contributed by atoms with E-state index in [1.807, 2.05) is 4.90 Å². The summed E-state index contributed by atoms with van der Waals surface area (Å²) in [5.41, 5.74) is 0. The second kappa shape index (κ2) is 11.5. The molecule has 1 aliphatic rings. The summed E-state index contributed by atoms with van der Waals surface area (Å²) in [5, 5.41) is 9.13. The van der Waals surface area contributed by atoms with Gasteiger partial charge in [-0.25, -0.2) is 0 Å². The van der Waals surface area contributed by atoms with E-state index in [4.69, 9.17) is 5.11 Å². The Labute approximate surface area is 146 Å². The molecule has 24 heavy (non-hydrogen) atoms. The highest BCUT2D eigenvalue weighted by atomic mass is 16.4. The maximum absolute atomic E-state index is 11.5. The molecule has 1 heterocycles. The van der Waals surface area contributed by atoms with E-state index in [2.05, 4.69) is 28.5 Å². The number of hydrogen-bond acceptors (Lipinski definition) is 6. The van der Waals surface area contributed by atoms with Crippen LogP contribution in [0.4, 0.5) is 0 Å². The Morgan fingerprint density at radius 2 is 1.04 bits per heavy atom. The highest BCUT2D eigenvalue weighted by Crippen LogP contribution is 2.00. The first-order valence-electron chi connectivity index (χ1n) is 9.05. The molecule has 1 aliphatic heterocycles. The lowest BCUT2D eigenvalue weighted by Crippen LogP contribution is -2.47. The largest absolute Gasteiger partial charge is 0.480 e. The molecule has 1 saturated heterocycles. The SMILES string of the molecule is CCN1CCN(CC)CCN(CC(=O)O)CCN(CC(C)=O)CC1. The van der Waals surface area contributed by atoms with Gasteiger partial charge in [0.1, 0.15) is 5.78 Å². The monoisotopic (exact) mass is 342 g/mol. The zero-order chi connectivity index (χ0) is 17.9. The molecule has 0 aliphatic carbocycles. The van der Waals surface area contributed by atoms with Gasteiger partial charge in [-0.3, -0.25) is 19.4 Å². The van der Waals surface area contributed by atoms with Crippen LogP contribution in [0, 0.1) is 0 Å². The molecule has 0 aromatic carbocycles. The minimum atomic E-state index is -0.791. The third-order valence-electron chi connectivity index (χ3n) is 4.63. The van der Waals surface area contributed by atoms with E-state index in [1.54, 1.807) is 6.92 Å². The van der Waals surface area contributed by atoms with Gasteiger partial charge in [-0.15, -0.1) is 0 Å². The number of hydrogen-bond donors (Lipinski definition) is 1. The standard InChI is InChI=1S/C17H34N4O3/c1-4-18-6-7-19(5-2)9-11-21(15-17(23)24)13-12-20(10-8-18)14-16(3)22/h4-15H2,1-3H3,(H,23,24). The number of Topliss-reactive ketones (excluding diaryl/α,β-unsaturated/α-hetero) is 1. The van der Waals surface area contributed by atoms with Crippen LogP contribution in [0.3, 0.4) is 0 Å². The fraction of sp³-hybridized carbons (Fsp3) is 0.882. The van der Waals surface area contributed by atoms with Crippen molar-refractivity contribution in [1.29, 1.82) is 0 Å². The van der Waals surface area contributed by atoms with Gasteiger partial charge in [-0.1, -0.05) is 13.8 Å². The minimum absolute atomic E-state index is 0.0621. The van der Waals surface area contributed by atoms with Crippen LogP contribution in [0.2, 0.25) is 0 Å². The Bertz CT molecular complexity index is 356. The van der Waals surface area contributed by atoms with Crippen molar-refractivity contribution in [2.45, 2.75) is 20.8 Å². The molecule has 7 heteroatoms. The fourth-order valence-electron chi connectivity index (χ4n) is 3.03. The van der Waals surface area contributed by atoms with Gasteiger partial charge in [-0.2, -0.15) is 0 Å². The summed E-state index contributed by atoms with van der Waals surface area (Å²) in [7, 11) is 0. The van der Waals surface area contributed by atoms with Gasteiger partial charge in [0.15, 0.2) is 0 Å². The number of likely N-dealkylation sites (N-methyl/N-ethyl adjacent to an activating group) is 2. The number of carbonyl (C=O) groups excluding carboxylic acids is 1. The van der Waals surface area contributed by atoms with Gasteiger partial charge in [0.25, 0.3) is 0 Å². The Hall–Kier alpha value is -1.02.